The van der Waals surface area contributed by atoms with Crippen molar-refractivity contribution in [2.24, 2.45) is 5.73 Å². The second-order valence-electron chi connectivity index (χ2n) is 4.69. The number of halogens is 1. The van der Waals surface area contributed by atoms with Gasteiger partial charge in [0.25, 0.3) is 0 Å². The van der Waals surface area contributed by atoms with Gasteiger partial charge >= 0.3 is 0 Å². The Morgan fingerprint density at radius 3 is 2.62 bits per heavy atom. The van der Waals surface area contributed by atoms with Crippen LogP contribution in [-0.2, 0) is 6.54 Å². The van der Waals surface area contributed by atoms with Gasteiger partial charge in [0.05, 0.1) is 5.69 Å². The zero-order valence-electron chi connectivity index (χ0n) is 11.5. The first-order valence-corrected chi connectivity index (χ1v) is 6.95. The van der Waals surface area contributed by atoms with Crippen LogP contribution in [0.5, 0.6) is 11.6 Å². The third-order valence-corrected chi connectivity index (χ3v) is 3.53. The molecule has 0 unspecified atom stereocenters. The maximum Gasteiger partial charge on any atom is 0.246 e. The molecule has 5 heteroatoms. The number of hydrogen-bond donors (Lipinski definition) is 1. The molecule has 0 saturated heterocycles. The Bertz CT molecular complexity index is 805. The summed E-state index contributed by atoms with van der Waals surface area (Å²) in [4.78, 5) is 0. The van der Waals surface area contributed by atoms with Gasteiger partial charge in [-0.25, -0.2) is 0 Å². The minimum atomic E-state index is 0.365. The highest BCUT2D eigenvalue weighted by molar-refractivity contribution is 6.30. The van der Waals surface area contributed by atoms with E-state index >= 15 is 0 Å². The molecule has 4 nitrogen and oxygen atoms in total. The van der Waals surface area contributed by atoms with Crippen molar-refractivity contribution in [3.05, 3.63) is 58.7 Å². The van der Waals surface area contributed by atoms with Gasteiger partial charge in [0.1, 0.15) is 5.75 Å². The third kappa shape index (κ3) is 2.68. The van der Waals surface area contributed by atoms with Crippen molar-refractivity contribution < 1.29 is 4.74 Å². The molecule has 3 aromatic rings. The maximum atomic E-state index is 6.03. The lowest BCUT2D eigenvalue weighted by Crippen LogP contribution is -2.01. The van der Waals surface area contributed by atoms with Gasteiger partial charge in [-0.1, -0.05) is 35.9 Å². The molecule has 21 heavy (non-hydrogen) atoms. The SMILES string of the molecule is Cc1nnc(Oc2cc(Cl)ccc2CN)c2ccccc12. The molecule has 1 aromatic heterocycles. The van der Waals surface area contributed by atoms with E-state index in [1.165, 1.54) is 0 Å². The number of ether oxygens (including phenoxy) is 1. The fourth-order valence-corrected chi connectivity index (χ4v) is 2.35. The quantitative estimate of drug-likeness (QED) is 0.798. The summed E-state index contributed by atoms with van der Waals surface area (Å²) in [6.07, 6.45) is 0. The van der Waals surface area contributed by atoms with Gasteiger partial charge in [0, 0.05) is 27.9 Å². The van der Waals surface area contributed by atoms with E-state index < -0.39 is 0 Å². The van der Waals surface area contributed by atoms with Crippen molar-refractivity contribution in [3.63, 3.8) is 0 Å². The Morgan fingerprint density at radius 1 is 1.10 bits per heavy atom. The topological polar surface area (TPSA) is 61.0 Å². The Balaban J connectivity index is 2.11. The molecule has 0 atom stereocenters. The molecular weight excluding hydrogens is 286 g/mol. The highest BCUT2D eigenvalue weighted by Gasteiger charge is 2.11. The second kappa shape index (κ2) is 5.68. The summed E-state index contributed by atoms with van der Waals surface area (Å²) in [5.41, 5.74) is 7.46. The third-order valence-electron chi connectivity index (χ3n) is 3.29. The lowest BCUT2D eigenvalue weighted by Gasteiger charge is -2.11. The minimum absolute atomic E-state index is 0.365. The molecule has 0 aliphatic rings. The van der Waals surface area contributed by atoms with Crippen LogP contribution in [-0.4, -0.2) is 10.2 Å². The van der Waals surface area contributed by atoms with E-state index in [1.54, 1.807) is 12.1 Å². The highest BCUT2D eigenvalue weighted by atomic mass is 35.5. The van der Waals surface area contributed by atoms with Crippen LogP contribution in [0.4, 0.5) is 0 Å². The van der Waals surface area contributed by atoms with E-state index in [2.05, 4.69) is 10.2 Å². The van der Waals surface area contributed by atoms with Crippen LogP contribution >= 0.6 is 11.6 Å². The number of fused-ring (bicyclic) bond motifs is 1. The maximum absolute atomic E-state index is 6.03. The predicted molar refractivity (Wildman–Crippen MR) is 83.7 cm³/mol. The van der Waals surface area contributed by atoms with E-state index in [1.807, 2.05) is 37.3 Å². The van der Waals surface area contributed by atoms with Crippen LogP contribution in [0, 0.1) is 6.92 Å². The number of hydrogen-bond acceptors (Lipinski definition) is 4. The van der Waals surface area contributed by atoms with Gasteiger partial charge in [0.15, 0.2) is 0 Å². The van der Waals surface area contributed by atoms with Crippen LogP contribution in [0.1, 0.15) is 11.3 Å². The van der Waals surface area contributed by atoms with Gasteiger partial charge in [-0.2, -0.15) is 5.10 Å². The van der Waals surface area contributed by atoms with Gasteiger partial charge in [0.2, 0.25) is 5.88 Å². The number of nitrogens with zero attached hydrogens (tertiary/aromatic N) is 2. The van der Waals surface area contributed by atoms with Crippen molar-refractivity contribution >= 4 is 22.4 Å². The summed E-state index contributed by atoms with van der Waals surface area (Å²) < 4.78 is 5.91. The molecule has 0 saturated carbocycles. The molecule has 2 N–H and O–H groups in total. The number of rotatable bonds is 3. The number of benzene rings is 2. The van der Waals surface area contributed by atoms with Crippen LogP contribution in [0.2, 0.25) is 5.02 Å². The average Bonchev–Trinajstić information content (AvgIpc) is 2.51. The van der Waals surface area contributed by atoms with Gasteiger partial charge in [-0.3, -0.25) is 0 Å². The molecule has 0 bridgehead atoms. The van der Waals surface area contributed by atoms with Crippen molar-refractivity contribution in [3.8, 4) is 11.6 Å². The van der Waals surface area contributed by atoms with Gasteiger partial charge in [-0.15, -0.1) is 5.10 Å². The summed E-state index contributed by atoms with van der Waals surface area (Å²) in [5, 5.41) is 10.8. The first-order chi connectivity index (χ1) is 10.2. The van der Waals surface area contributed by atoms with Crippen molar-refractivity contribution in [1.82, 2.24) is 10.2 Å². The first kappa shape index (κ1) is 13.8. The van der Waals surface area contributed by atoms with Crippen molar-refractivity contribution in [2.45, 2.75) is 13.5 Å². The van der Waals surface area contributed by atoms with E-state index in [0.717, 1.165) is 22.0 Å². The van der Waals surface area contributed by atoms with Crippen molar-refractivity contribution in [2.75, 3.05) is 0 Å². The summed E-state index contributed by atoms with van der Waals surface area (Å²) in [6, 6.07) is 13.2. The fourth-order valence-electron chi connectivity index (χ4n) is 2.18. The summed E-state index contributed by atoms with van der Waals surface area (Å²) in [5.74, 6) is 1.06. The van der Waals surface area contributed by atoms with E-state index in [9.17, 15) is 0 Å². The molecule has 0 amide bonds. The molecule has 106 valence electrons. The number of aryl methyl sites for hydroxylation is 1. The highest BCUT2D eigenvalue weighted by Crippen LogP contribution is 2.31. The predicted octanol–water partition coefficient (Wildman–Crippen LogP) is 3.84. The second-order valence-corrected chi connectivity index (χ2v) is 5.13. The molecule has 1 heterocycles. The zero-order chi connectivity index (χ0) is 14.8. The lowest BCUT2D eigenvalue weighted by molar-refractivity contribution is 0.456. The number of nitrogens with two attached hydrogens (primary N) is 1. The largest absolute Gasteiger partial charge is 0.437 e. The van der Waals surface area contributed by atoms with E-state index in [4.69, 9.17) is 22.1 Å². The smallest absolute Gasteiger partial charge is 0.246 e. The average molecular weight is 300 g/mol. The minimum Gasteiger partial charge on any atom is -0.437 e. The number of aromatic nitrogens is 2. The van der Waals surface area contributed by atoms with Crippen LogP contribution in [0.3, 0.4) is 0 Å². The Hall–Kier alpha value is -2.17. The van der Waals surface area contributed by atoms with Crippen LogP contribution < -0.4 is 10.5 Å². The summed E-state index contributed by atoms with van der Waals surface area (Å²) in [7, 11) is 0. The van der Waals surface area contributed by atoms with Crippen LogP contribution in [0.15, 0.2) is 42.5 Å². The molecule has 0 spiro atoms. The molecule has 0 radical (unpaired) electrons. The summed E-state index contributed by atoms with van der Waals surface area (Å²) >= 11 is 6.03. The normalized spacial score (nSPS) is 10.8. The monoisotopic (exact) mass is 299 g/mol. The molecule has 2 aromatic carbocycles. The molecular formula is C16H14ClN3O. The Kier molecular flexibility index (Phi) is 3.73. The van der Waals surface area contributed by atoms with E-state index in [-0.39, 0.29) is 0 Å². The van der Waals surface area contributed by atoms with E-state index in [0.29, 0.717) is 23.2 Å². The van der Waals surface area contributed by atoms with Crippen LogP contribution in [0.25, 0.3) is 10.8 Å². The molecule has 0 aliphatic heterocycles. The Labute approximate surface area is 127 Å². The van der Waals surface area contributed by atoms with Gasteiger partial charge < -0.3 is 10.5 Å². The Morgan fingerprint density at radius 2 is 1.86 bits per heavy atom. The molecule has 3 rings (SSSR count). The lowest BCUT2D eigenvalue weighted by atomic mass is 10.1. The molecule has 0 aliphatic carbocycles. The van der Waals surface area contributed by atoms with Crippen molar-refractivity contribution in [1.29, 1.82) is 0 Å². The first-order valence-electron chi connectivity index (χ1n) is 6.57. The fraction of sp³-hybridized carbons (Fsp3) is 0.125. The van der Waals surface area contributed by atoms with Gasteiger partial charge in [-0.05, 0) is 25.1 Å². The standard InChI is InChI=1S/C16H14ClN3O/c1-10-13-4-2-3-5-14(13)16(20-19-10)21-15-8-12(17)7-6-11(15)9-18/h2-8H,9,18H2,1H3. The molecule has 0 fully saturated rings. The zero-order valence-corrected chi connectivity index (χ0v) is 12.3. The summed E-state index contributed by atoms with van der Waals surface area (Å²) in [6.45, 7) is 2.29.